The third-order valence-electron chi connectivity index (χ3n) is 15.6. The molecule has 364 valence electrons. The van der Waals surface area contributed by atoms with Gasteiger partial charge in [0.2, 0.25) is 11.8 Å². The number of imide groups is 1. The fourth-order valence-electron chi connectivity index (χ4n) is 11.8. The van der Waals surface area contributed by atoms with Crippen LogP contribution in [0.5, 0.6) is 5.75 Å². The van der Waals surface area contributed by atoms with Crippen LogP contribution in [0, 0.1) is 28.1 Å². The van der Waals surface area contributed by atoms with Gasteiger partial charge in [-0.2, -0.15) is 9.94 Å². The number of piperidine rings is 4. The molecule has 4 aromatic rings. The van der Waals surface area contributed by atoms with Crippen molar-refractivity contribution in [1.29, 1.82) is 5.26 Å². The summed E-state index contributed by atoms with van der Waals surface area (Å²) < 4.78 is 13.8. The second-order valence-corrected chi connectivity index (χ2v) is 21.1. The Morgan fingerprint density at radius 2 is 1.58 bits per heavy atom. The van der Waals surface area contributed by atoms with Crippen molar-refractivity contribution in [2.24, 2.45) is 16.7 Å². The Morgan fingerprint density at radius 1 is 0.870 bits per heavy atom. The number of nitrogens with one attached hydrogen (secondary N) is 2. The summed E-state index contributed by atoms with van der Waals surface area (Å²) in [5.74, 6) is 0.195. The number of hydrogen-bond donors (Lipinski definition) is 2. The van der Waals surface area contributed by atoms with E-state index in [1.165, 1.54) is 5.56 Å². The third-order valence-corrected chi connectivity index (χ3v) is 15.9. The second kappa shape index (κ2) is 19.8. The summed E-state index contributed by atoms with van der Waals surface area (Å²) in [7, 11) is 0. The highest BCUT2D eigenvalue weighted by atomic mass is 35.5. The van der Waals surface area contributed by atoms with Gasteiger partial charge in [0.25, 0.3) is 17.4 Å². The Kier molecular flexibility index (Phi) is 13.8. The van der Waals surface area contributed by atoms with Crippen LogP contribution >= 0.6 is 11.6 Å². The van der Waals surface area contributed by atoms with Crippen LogP contribution in [0.4, 0.5) is 5.69 Å². The van der Waals surface area contributed by atoms with E-state index in [0.717, 1.165) is 68.5 Å². The number of carbonyl (C=O) groups excluding carboxylic acids is 4. The first-order chi connectivity index (χ1) is 33.1. The fourth-order valence-corrected chi connectivity index (χ4v) is 12.0. The number of amides is 4. The van der Waals surface area contributed by atoms with E-state index in [-0.39, 0.29) is 65.6 Å². The molecule has 0 spiro atoms. The summed E-state index contributed by atoms with van der Waals surface area (Å²) >= 11 is 6.27. The van der Waals surface area contributed by atoms with E-state index in [4.69, 9.17) is 21.1 Å². The number of hydrogen-bond acceptors (Lipinski definition) is 12. The van der Waals surface area contributed by atoms with Gasteiger partial charge in [0.1, 0.15) is 29.5 Å². The first kappa shape index (κ1) is 48.1. The molecule has 9 rings (SSSR count). The SMILES string of the molecule is CC1(C)[C@H](NC(=O)c2ccc(C3CCN(CCOC4CCN(C(=O)C5CCN(c6ccc7nnn(C8CCC(=O)NC8=O)c(=O)c7c6)CC5)CC4)CC3)cc2)C(C)(C)[C@H]1Oc1ccc(C#N)c(Cl)c1. The summed E-state index contributed by atoms with van der Waals surface area (Å²) in [5.41, 5.74) is 2.48. The molecule has 0 radical (unpaired) electrons. The number of halogens is 1. The number of likely N-dealkylation sites (tertiary alicyclic amines) is 2. The van der Waals surface area contributed by atoms with E-state index in [9.17, 15) is 29.2 Å². The van der Waals surface area contributed by atoms with Gasteiger partial charge in [0.05, 0.1) is 28.7 Å². The van der Waals surface area contributed by atoms with Crippen molar-refractivity contribution in [2.45, 2.75) is 109 Å². The van der Waals surface area contributed by atoms with Crippen molar-refractivity contribution in [2.75, 3.05) is 57.3 Å². The molecule has 3 aromatic carbocycles. The molecule has 5 fully saturated rings. The lowest BCUT2D eigenvalue weighted by Crippen LogP contribution is -2.74. The molecule has 4 saturated heterocycles. The molecular formula is C52H62ClN9O7. The molecule has 2 N–H and O–H groups in total. The standard InChI is InChI=1S/C52H62ClN9O7/c1-51(2)49(52(3,4)50(51)69-39-11-9-36(31-54)41(53)30-39)56-45(64)34-7-5-32(6-8-34)33-15-21-59(22-16-33)27-28-68-38-19-25-61(26-20-38)47(66)35-17-23-60(24-18-35)37-10-12-42-40(29-37)48(67)62(58-57-42)43-13-14-44(63)55-46(43)65/h5-12,29-30,33,35,38,43,49-50H,13-28H2,1-4H3,(H,56,64)(H,55,63,65)/t43?,49-,50-. The molecular weight excluding hydrogens is 898 g/mol. The zero-order valence-electron chi connectivity index (χ0n) is 39.9. The number of nitrogens with zero attached hydrogens (tertiary/aromatic N) is 7. The summed E-state index contributed by atoms with van der Waals surface area (Å²) in [6, 6.07) is 19.7. The normalized spacial score (nSPS) is 23.5. The van der Waals surface area contributed by atoms with Gasteiger partial charge in [0.15, 0.2) is 0 Å². The van der Waals surface area contributed by atoms with Crippen molar-refractivity contribution < 1.29 is 28.7 Å². The first-order valence-corrected chi connectivity index (χ1v) is 24.9. The average molecular weight is 961 g/mol. The molecule has 16 nitrogen and oxygen atoms in total. The van der Waals surface area contributed by atoms with Gasteiger partial charge in [-0.15, -0.1) is 5.10 Å². The summed E-state index contributed by atoms with van der Waals surface area (Å²) in [4.78, 5) is 71.4. The highest BCUT2D eigenvalue weighted by Crippen LogP contribution is 2.55. The van der Waals surface area contributed by atoms with Crippen LogP contribution in [0.2, 0.25) is 5.02 Å². The largest absolute Gasteiger partial charge is 0.489 e. The molecule has 1 atom stereocenters. The van der Waals surface area contributed by atoms with Crippen LogP contribution in [0.15, 0.2) is 65.5 Å². The van der Waals surface area contributed by atoms with E-state index >= 15 is 0 Å². The molecule has 4 aliphatic heterocycles. The lowest BCUT2D eigenvalue weighted by atomic mass is 9.49. The Bertz CT molecular complexity index is 2680. The van der Waals surface area contributed by atoms with Crippen LogP contribution in [0.25, 0.3) is 10.9 Å². The van der Waals surface area contributed by atoms with E-state index in [1.54, 1.807) is 30.3 Å². The lowest BCUT2D eigenvalue weighted by Gasteiger charge is -2.63. The van der Waals surface area contributed by atoms with Crippen molar-refractivity contribution in [3.63, 3.8) is 0 Å². The average Bonchev–Trinajstić information content (AvgIpc) is 3.35. The molecule has 5 aliphatic rings. The van der Waals surface area contributed by atoms with Gasteiger partial charge < -0.3 is 29.5 Å². The fraction of sp³-hybridized carbons (Fsp3) is 0.538. The van der Waals surface area contributed by atoms with Crippen LogP contribution in [0.3, 0.4) is 0 Å². The van der Waals surface area contributed by atoms with E-state index in [2.05, 4.69) is 76.6 Å². The molecule has 4 amide bonds. The Balaban J connectivity index is 0.669. The number of fused-ring (bicyclic) bond motifs is 1. The molecule has 69 heavy (non-hydrogen) atoms. The molecule has 1 aliphatic carbocycles. The van der Waals surface area contributed by atoms with Crippen molar-refractivity contribution in [1.82, 2.24) is 35.4 Å². The smallest absolute Gasteiger partial charge is 0.278 e. The third kappa shape index (κ3) is 9.96. The Morgan fingerprint density at radius 3 is 2.25 bits per heavy atom. The van der Waals surface area contributed by atoms with Crippen molar-refractivity contribution >= 4 is 51.8 Å². The van der Waals surface area contributed by atoms with Gasteiger partial charge >= 0.3 is 0 Å². The van der Waals surface area contributed by atoms with E-state index < -0.39 is 17.5 Å². The minimum absolute atomic E-state index is 0.0494. The predicted molar refractivity (Wildman–Crippen MR) is 260 cm³/mol. The maximum absolute atomic E-state index is 13.6. The zero-order chi connectivity index (χ0) is 48.6. The highest BCUT2D eigenvalue weighted by molar-refractivity contribution is 6.31. The van der Waals surface area contributed by atoms with Gasteiger partial charge in [-0.25, -0.2) is 0 Å². The van der Waals surface area contributed by atoms with Gasteiger partial charge in [-0.05, 0) is 112 Å². The number of benzene rings is 3. The van der Waals surface area contributed by atoms with Crippen LogP contribution in [-0.4, -0.2) is 119 Å². The number of rotatable bonds is 12. The van der Waals surface area contributed by atoms with Gasteiger partial charge in [-0.3, -0.25) is 29.3 Å². The number of aromatic nitrogens is 3. The van der Waals surface area contributed by atoms with Crippen LogP contribution in [-0.2, 0) is 19.1 Å². The molecule has 1 saturated carbocycles. The van der Waals surface area contributed by atoms with Crippen LogP contribution < -0.4 is 25.8 Å². The lowest BCUT2D eigenvalue weighted by molar-refractivity contribution is -0.164. The summed E-state index contributed by atoms with van der Waals surface area (Å²) in [6.45, 7) is 14.7. The number of anilines is 1. The van der Waals surface area contributed by atoms with Crippen molar-refractivity contribution in [3.05, 3.63) is 92.7 Å². The Labute approximate surface area is 407 Å². The Hall–Kier alpha value is -5.89. The van der Waals surface area contributed by atoms with Crippen LogP contribution in [0.1, 0.15) is 113 Å². The molecule has 0 bridgehead atoms. The monoisotopic (exact) mass is 959 g/mol. The maximum atomic E-state index is 13.6. The minimum atomic E-state index is -0.881. The maximum Gasteiger partial charge on any atom is 0.278 e. The van der Waals surface area contributed by atoms with Crippen molar-refractivity contribution in [3.8, 4) is 11.8 Å². The summed E-state index contributed by atoms with van der Waals surface area (Å²) in [5, 5.41) is 23.7. The zero-order valence-corrected chi connectivity index (χ0v) is 40.7. The highest BCUT2D eigenvalue weighted by Gasteiger charge is 2.64. The number of carbonyl (C=O) groups is 4. The summed E-state index contributed by atoms with van der Waals surface area (Å²) in [6.07, 6.45) is 5.50. The van der Waals surface area contributed by atoms with E-state index in [0.29, 0.717) is 71.5 Å². The second-order valence-electron chi connectivity index (χ2n) is 20.7. The predicted octanol–water partition coefficient (Wildman–Crippen LogP) is 6.01. The van der Waals surface area contributed by atoms with Gasteiger partial charge in [0, 0.05) is 79.3 Å². The number of nitriles is 1. The molecule has 1 unspecified atom stereocenters. The minimum Gasteiger partial charge on any atom is -0.489 e. The molecule has 1 aromatic heterocycles. The molecule has 17 heteroatoms. The molecule has 5 heterocycles. The van der Waals surface area contributed by atoms with Gasteiger partial charge in [-0.1, -0.05) is 56.6 Å². The first-order valence-electron chi connectivity index (χ1n) is 24.5. The topological polar surface area (TPSA) is 192 Å². The number of ether oxygens (including phenoxy) is 2. The quantitative estimate of drug-likeness (QED) is 0.158. The van der Waals surface area contributed by atoms with E-state index in [1.807, 2.05) is 23.1 Å².